The first-order valence-electron chi connectivity index (χ1n) is 21.9. The molecule has 304 valence electrons. The highest BCUT2D eigenvalue weighted by atomic mass is 28.3. The van der Waals surface area contributed by atoms with Crippen LogP contribution in [0, 0.1) is 0 Å². The molecule has 1 aromatic heterocycles. The molecule has 1 heterocycles. The zero-order chi connectivity index (χ0) is 42.7. The van der Waals surface area contributed by atoms with Crippen LogP contribution < -0.4 is 30.5 Å². The highest BCUT2D eigenvalue weighted by Crippen LogP contribution is 2.40. The van der Waals surface area contributed by atoms with Crippen molar-refractivity contribution in [2.75, 3.05) is 9.80 Å². The lowest BCUT2D eigenvalue weighted by Gasteiger charge is -2.36. The lowest BCUT2D eigenvalue weighted by Crippen LogP contribution is -2.74. The third-order valence-electron chi connectivity index (χ3n) is 12.5. The van der Waals surface area contributed by atoms with E-state index in [0.29, 0.717) is 0 Å². The molecular weight excluding hydrogens is 791 g/mol. The molecule has 10 aromatic carbocycles. The first-order valence-corrected chi connectivity index (χ1v) is 23.9. The SMILES string of the molecule is c1ccc(N(c2ccccc2)c2ccc([Si](c3ccccc3)(c3ccccc3)c3cccc(N(c4ccccc4)c4ccc5c(c4)c4ccccc4n5-c4ccccc4)c3)cc2)cc1. The number of benzene rings is 10. The number of hydrogen-bond acceptors (Lipinski definition) is 2. The summed E-state index contributed by atoms with van der Waals surface area (Å²) in [5, 5.41) is 7.72. The fourth-order valence-corrected chi connectivity index (χ4v) is 14.5. The summed E-state index contributed by atoms with van der Waals surface area (Å²) in [5.41, 5.74) is 10.2. The maximum atomic E-state index is 2.46. The molecule has 0 aliphatic rings. The Hall–Kier alpha value is -8.18. The van der Waals surface area contributed by atoms with E-state index in [9.17, 15) is 0 Å². The summed E-state index contributed by atoms with van der Waals surface area (Å²) < 4.78 is 2.38. The van der Waals surface area contributed by atoms with Crippen LogP contribution in [-0.2, 0) is 0 Å². The Balaban J connectivity index is 1.11. The summed E-state index contributed by atoms with van der Waals surface area (Å²) in [6.45, 7) is 0. The van der Waals surface area contributed by atoms with Crippen LogP contribution in [0.2, 0.25) is 0 Å². The molecule has 0 N–H and O–H groups in total. The van der Waals surface area contributed by atoms with Gasteiger partial charge in [-0.25, -0.2) is 0 Å². The normalized spacial score (nSPS) is 11.4. The number of anilines is 6. The van der Waals surface area contributed by atoms with Gasteiger partial charge in [0.2, 0.25) is 0 Å². The first-order chi connectivity index (χ1) is 31.8. The monoisotopic (exact) mass is 835 g/mol. The van der Waals surface area contributed by atoms with Gasteiger partial charge in [0, 0.05) is 50.6 Å². The second-order valence-electron chi connectivity index (χ2n) is 16.1. The standard InChI is InChI=1S/C60H45N3Si/c1-7-22-46(23-8-1)61(47-24-9-2-10-25-47)50-38-41-55(42-39-50)64(53-31-15-5-16-32-53,54-33-17-6-18-34-54)56-35-21-30-51(44-56)62(48-26-11-3-12-27-48)52-40-43-60-58(45-52)57-36-19-20-37-59(57)63(60)49-28-13-4-14-29-49/h1-45H. The Morgan fingerprint density at radius 3 is 1.19 bits per heavy atom. The zero-order valence-corrected chi connectivity index (χ0v) is 36.3. The molecule has 4 heteroatoms. The van der Waals surface area contributed by atoms with Crippen LogP contribution in [0.15, 0.2) is 273 Å². The molecule has 0 unspecified atom stereocenters. The molecule has 0 atom stereocenters. The van der Waals surface area contributed by atoms with Gasteiger partial charge in [-0.05, 0) is 118 Å². The van der Waals surface area contributed by atoms with Crippen molar-refractivity contribution in [3.05, 3.63) is 273 Å². The second-order valence-corrected chi connectivity index (χ2v) is 20.0. The van der Waals surface area contributed by atoms with Gasteiger partial charge in [0.15, 0.2) is 8.07 Å². The average Bonchev–Trinajstić information content (AvgIpc) is 3.71. The first kappa shape index (κ1) is 38.7. The van der Waals surface area contributed by atoms with E-state index < -0.39 is 8.07 Å². The summed E-state index contributed by atoms with van der Waals surface area (Å²) in [6, 6.07) is 99.6. The van der Waals surface area contributed by atoms with E-state index in [2.05, 4.69) is 287 Å². The maximum Gasteiger partial charge on any atom is 0.179 e. The molecule has 11 rings (SSSR count). The van der Waals surface area contributed by atoms with Gasteiger partial charge in [-0.2, -0.15) is 0 Å². The zero-order valence-electron chi connectivity index (χ0n) is 35.3. The van der Waals surface area contributed by atoms with Crippen molar-refractivity contribution in [3.8, 4) is 5.69 Å². The van der Waals surface area contributed by atoms with Crippen LogP contribution in [0.4, 0.5) is 34.1 Å². The number of para-hydroxylation sites is 5. The highest BCUT2D eigenvalue weighted by Gasteiger charge is 2.42. The van der Waals surface area contributed by atoms with Crippen LogP contribution in [0.3, 0.4) is 0 Å². The molecule has 0 aliphatic heterocycles. The molecule has 0 spiro atoms. The van der Waals surface area contributed by atoms with E-state index in [1.807, 2.05) is 0 Å². The molecule has 0 bridgehead atoms. The third kappa shape index (κ3) is 6.87. The molecule has 0 radical (unpaired) electrons. The van der Waals surface area contributed by atoms with E-state index >= 15 is 0 Å². The van der Waals surface area contributed by atoms with Crippen molar-refractivity contribution in [1.29, 1.82) is 0 Å². The van der Waals surface area contributed by atoms with Crippen molar-refractivity contribution >= 4 is 84.8 Å². The summed E-state index contributed by atoms with van der Waals surface area (Å²) in [5.74, 6) is 0. The Morgan fingerprint density at radius 1 is 0.250 bits per heavy atom. The molecule has 0 fully saturated rings. The Bertz CT molecular complexity index is 3220. The van der Waals surface area contributed by atoms with Crippen molar-refractivity contribution in [2.45, 2.75) is 0 Å². The van der Waals surface area contributed by atoms with Crippen molar-refractivity contribution in [3.63, 3.8) is 0 Å². The van der Waals surface area contributed by atoms with Crippen LogP contribution in [0.5, 0.6) is 0 Å². The number of fused-ring (bicyclic) bond motifs is 3. The van der Waals surface area contributed by atoms with Gasteiger partial charge < -0.3 is 14.4 Å². The molecule has 0 aliphatic carbocycles. The van der Waals surface area contributed by atoms with Gasteiger partial charge in [0.1, 0.15) is 0 Å². The predicted molar refractivity (Wildman–Crippen MR) is 274 cm³/mol. The second kappa shape index (κ2) is 16.9. The third-order valence-corrected chi connectivity index (χ3v) is 17.3. The van der Waals surface area contributed by atoms with Crippen LogP contribution >= 0.6 is 0 Å². The summed E-state index contributed by atoms with van der Waals surface area (Å²) in [7, 11) is -2.96. The highest BCUT2D eigenvalue weighted by molar-refractivity contribution is 7.20. The largest absolute Gasteiger partial charge is 0.311 e. The lowest BCUT2D eigenvalue weighted by molar-refractivity contribution is 1.18. The average molecular weight is 836 g/mol. The molecule has 11 aromatic rings. The van der Waals surface area contributed by atoms with Gasteiger partial charge in [0.05, 0.1) is 11.0 Å². The van der Waals surface area contributed by atoms with Crippen molar-refractivity contribution in [2.24, 2.45) is 0 Å². The minimum atomic E-state index is -2.96. The quantitative estimate of drug-likeness (QED) is 0.0950. The van der Waals surface area contributed by atoms with Gasteiger partial charge in [-0.15, -0.1) is 0 Å². The number of rotatable bonds is 11. The molecule has 0 saturated heterocycles. The van der Waals surface area contributed by atoms with E-state index in [1.165, 1.54) is 42.6 Å². The molecule has 64 heavy (non-hydrogen) atoms. The van der Waals surface area contributed by atoms with E-state index in [4.69, 9.17) is 0 Å². The Morgan fingerprint density at radius 2 is 0.625 bits per heavy atom. The Labute approximate surface area is 376 Å². The smallest absolute Gasteiger partial charge is 0.179 e. The van der Waals surface area contributed by atoms with E-state index in [1.54, 1.807) is 0 Å². The fraction of sp³-hybridized carbons (Fsp3) is 0. The van der Waals surface area contributed by atoms with Crippen molar-refractivity contribution in [1.82, 2.24) is 4.57 Å². The van der Waals surface area contributed by atoms with Crippen LogP contribution in [0.1, 0.15) is 0 Å². The van der Waals surface area contributed by atoms with Gasteiger partial charge in [-0.1, -0.05) is 176 Å². The van der Waals surface area contributed by atoms with E-state index in [0.717, 1.165) is 39.8 Å². The van der Waals surface area contributed by atoms with Gasteiger partial charge >= 0.3 is 0 Å². The van der Waals surface area contributed by atoms with Gasteiger partial charge in [0.25, 0.3) is 0 Å². The molecule has 0 saturated carbocycles. The van der Waals surface area contributed by atoms with Crippen molar-refractivity contribution < 1.29 is 0 Å². The fourth-order valence-electron chi connectivity index (χ4n) is 9.70. The summed E-state index contributed by atoms with van der Waals surface area (Å²) >= 11 is 0. The number of aromatic nitrogens is 1. The maximum absolute atomic E-state index is 2.96. The predicted octanol–water partition coefficient (Wildman–Crippen LogP) is 13.1. The van der Waals surface area contributed by atoms with Crippen LogP contribution in [-0.4, -0.2) is 12.6 Å². The number of hydrogen-bond donors (Lipinski definition) is 0. The lowest BCUT2D eigenvalue weighted by atomic mass is 10.1. The topological polar surface area (TPSA) is 11.4 Å². The Kier molecular flexibility index (Phi) is 10.2. The minimum Gasteiger partial charge on any atom is -0.311 e. The van der Waals surface area contributed by atoms with E-state index in [-0.39, 0.29) is 0 Å². The summed E-state index contributed by atoms with van der Waals surface area (Å²) in [6.07, 6.45) is 0. The minimum absolute atomic E-state index is 1.10. The molecule has 3 nitrogen and oxygen atoms in total. The molecule has 0 amide bonds. The van der Waals surface area contributed by atoms with Crippen LogP contribution in [0.25, 0.3) is 27.5 Å². The molecular formula is C60H45N3Si. The van der Waals surface area contributed by atoms with Gasteiger partial charge in [-0.3, -0.25) is 0 Å². The number of nitrogens with zero attached hydrogens (tertiary/aromatic N) is 3. The summed E-state index contributed by atoms with van der Waals surface area (Å²) in [4.78, 5) is 4.76.